The number of benzene rings is 3. The van der Waals surface area contributed by atoms with Crippen molar-refractivity contribution in [3.63, 3.8) is 0 Å². The number of nitro benzene ring substituents is 1. The fraction of sp³-hybridized carbons (Fsp3) is 0.0435. The molecule has 1 aromatic heterocycles. The van der Waals surface area contributed by atoms with E-state index in [9.17, 15) is 14.9 Å². The van der Waals surface area contributed by atoms with E-state index in [0.29, 0.717) is 5.69 Å². The van der Waals surface area contributed by atoms with Crippen LogP contribution in [-0.4, -0.2) is 20.4 Å². The van der Waals surface area contributed by atoms with Gasteiger partial charge in [-0.15, -0.1) is 0 Å². The van der Waals surface area contributed by atoms with Gasteiger partial charge in [0.25, 0.3) is 11.6 Å². The van der Waals surface area contributed by atoms with Gasteiger partial charge in [0.15, 0.2) is 0 Å². The minimum atomic E-state index is -0.502. The molecule has 0 fully saturated rings. The Balaban J connectivity index is 1.68. The number of rotatable bonds is 6. The first-order valence-electron chi connectivity index (χ1n) is 9.31. The third-order valence-electron chi connectivity index (χ3n) is 4.76. The van der Waals surface area contributed by atoms with Gasteiger partial charge in [0.05, 0.1) is 17.3 Å². The van der Waals surface area contributed by atoms with Crippen molar-refractivity contribution in [1.82, 2.24) is 14.9 Å². The van der Waals surface area contributed by atoms with Gasteiger partial charge in [0.2, 0.25) is 0 Å². The molecule has 0 saturated heterocycles. The van der Waals surface area contributed by atoms with Gasteiger partial charge in [-0.3, -0.25) is 14.9 Å². The Bertz CT molecular complexity index is 1120. The monoisotopic (exact) mass is 398 g/mol. The fourth-order valence-corrected chi connectivity index (χ4v) is 3.30. The molecule has 0 saturated carbocycles. The van der Waals surface area contributed by atoms with Crippen LogP contribution < -0.4 is 5.32 Å². The smallest absolute Gasteiger partial charge is 0.294 e. The number of amides is 1. The molecule has 0 radical (unpaired) electrons. The summed E-state index contributed by atoms with van der Waals surface area (Å²) in [4.78, 5) is 28.0. The molecule has 1 N–H and O–H groups in total. The summed E-state index contributed by atoms with van der Waals surface area (Å²) in [6.45, 7) is 0. The van der Waals surface area contributed by atoms with Crippen LogP contribution in [0.5, 0.6) is 0 Å². The Morgan fingerprint density at radius 1 is 0.967 bits per heavy atom. The van der Waals surface area contributed by atoms with E-state index in [1.165, 1.54) is 23.2 Å². The van der Waals surface area contributed by atoms with Crippen molar-refractivity contribution in [3.8, 4) is 5.69 Å². The van der Waals surface area contributed by atoms with Crippen LogP contribution in [0.4, 0.5) is 5.69 Å². The topological polar surface area (TPSA) is 90.1 Å². The zero-order valence-electron chi connectivity index (χ0n) is 15.9. The van der Waals surface area contributed by atoms with Gasteiger partial charge in [-0.2, -0.15) is 0 Å². The van der Waals surface area contributed by atoms with Crippen molar-refractivity contribution in [2.24, 2.45) is 0 Å². The van der Waals surface area contributed by atoms with Crippen molar-refractivity contribution >= 4 is 11.6 Å². The molecular weight excluding hydrogens is 380 g/mol. The second kappa shape index (κ2) is 8.40. The molecule has 0 aliphatic carbocycles. The number of hydrogen-bond acceptors (Lipinski definition) is 4. The molecule has 0 aliphatic heterocycles. The average Bonchev–Trinajstić information content (AvgIpc) is 3.33. The molecular formula is C23H18N4O3. The van der Waals surface area contributed by atoms with Gasteiger partial charge >= 0.3 is 0 Å². The summed E-state index contributed by atoms with van der Waals surface area (Å²) in [5.74, 6) is -0.395. The predicted octanol–water partition coefficient (Wildman–Crippen LogP) is 4.30. The van der Waals surface area contributed by atoms with Gasteiger partial charge in [-0.25, -0.2) is 4.98 Å². The molecule has 0 spiro atoms. The number of carbonyl (C=O) groups is 1. The quantitative estimate of drug-likeness (QED) is 0.387. The van der Waals surface area contributed by atoms with E-state index in [0.717, 1.165) is 11.1 Å². The Morgan fingerprint density at radius 3 is 2.13 bits per heavy atom. The van der Waals surface area contributed by atoms with Crippen LogP contribution in [-0.2, 0) is 0 Å². The molecule has 0 aliphatic rings. The van der Waals surface area contributed by atoms with Crippen LogP contribution in [0.3, 0.4) is 0 Å². The fourth-order valence-electron chi connectivity index (χ4n) is 3.30. The zero-order valence-corrected chi connectivity index (χ0v) is 15.9. The van der Waals surface area contributed by atoms with Crippen LogP contribution in [0.2, 0.25) is 0 Å². The first-order valence-corrected chi connectivity index (χ1v) is 9.31. The van der Waals surface area contributed by atoms with E-state index in [2.05, 4.69) is 10.3 Å². The lowest BCUT2D eigenvalue weighted by atomic mass is 9.98. The maximum atomic E-state index is 13.0. The van der Waals surface area contributed by atoms with Crippen molar-refractivity contribution in [1.29, 1.82) is 0 Å². The van der Waals surface area contributed by atoms with Gasteiger partial charge in [-0.05, 0) is 23.3 Å². The summed E-state index contributed by atoms with van der Waals surface area (Å²) in [6.07, 6.45) is 4.63. The SMILES string of the molecule is O=C(NC(c1ccccc1)c1ccccc1)c1ccc(-n2ccnc2)c([N+](=O)[O-])c1. The molecule has 148 valence electrons. The number of nitrogens with zero attached hydrogens (tertiary/aromatic N) is 3. The molecule has 3 aromatic carbocycles. The first-order chi connectivity index (χ1) is 14.6. The molecule has 30 heavy (non-hydrogen) atoms. The van der Waals surface area contributed by atoms with E-state index in [1.54, 1.807) is 18.3 Å². The van der Waals surface area contributed by atoms with Crippen molar-refractivity contribution in [3.05, 3.63) is 124 Å². The van der Waals surface area contributed by atoms with E-state index >= 15 is 0 Å². The average molecular weight is 398 g/mol. The molecule has 4 rings (SSSR count). The molecule has 7 heteroatoms. The summed E-state index contributed by atoms with van der Waals surface area (Å²) in [6, 6.07) is 23.2. The second-order valence-corrected chi connectivity index (χ2v) is 6.66. The van der Waals surface area contributed by atoms with Crippen molar-refractivity contribution < 1.29 is 9.72 Å². The number of carbonyl (C=O) groups excluding carboxylic acids is 1. The third-order valence-corrected chi connectivity index (χ3v) is 4.76. The summed E-state index contributed by atoms with van der Waals surface area (Å²) in [5, 5.41) is 14.6. The van der Waals surface area contributed by atoms with E-state index < -0.39 is 10.8 Å². The van der Waals surface area contributed by atoms with Crippen LogP contribution in [0.1, 0.15) is 27.5 Å². The lowest BCUT2D eigenvalue weighted by Crippen LogP contribution is -2.29. The largest absolute Gasteiger partial charge is 0.341 e. The highest BCUT2D eigenvalue weighted by Gasteiger charge is 2.22. The van der Waals surface area contributed by atoms with Crippen molar-refractivity contribution in [2.75, 3.05) is 0 Å². The summed E-state index contributed by atoms with van der Waals surface area (Å²) >= 11 is 0. The molecule has 1 amide bonds. The van der Waals surface area contributed by atoms with E-state index in [4.69, 9.17) is 0 Å². The van der Waals surface area contributed by atoms with Crippen LogP contribution in [0.15, 0.2) is 97.6 Å². The predicted molar refractivity (Wildman–Crippen MR) is 112 cm³/mol. The highest BCUT2D eigenvalue weighted by atomic mass is 16.6. The van der Waals surface area contributed by atoms with Gasteiger partial charge in [-0.1, -0.05) is 60.7 Å². The summed E-state index contributed by atoms with van der Waals surface area (Å²) in [7, 11) is 0. The van der Waals surface area contributed by atoms with Gasteiger partial charge < -0.3 is 9.88 Å². The number of hydrogen-bond donors (Lipinski definition) is 1. The molecule has 1 heterocycles. The van der Waals surface area contributed by atoms with Crippen LogP contribution in [0.25, 0.3) is 5.69 Å². The lowest BCUT2D eigenvalue weighted by Gasteiger charge is -2.20. The van der Waals surface area contributed by atoms with Crippen LogP contribution in [0, 0.1) is 10.1 Å². The Kier molecular flexibility index (Phi) is 5.34. The first kappa shape index (κ1) is 19.1. The summed E-state index contributed by atoms with van der Waals surface area (Å²) in [5.41, 5.74) is 2.22. The second-order valence-electron chi connectivity index (χ2n) is 6.66. The lowest BCUT2D eigenvalue weighted by molar-refractivity contribution is -0.384. The highest BCUT2D eigenvalue weighted by Crippen LogP contribution is 2.26. The summed E-state index contributed by atoms with van der Waals surface area (Å²) < 4.78 is 1.54. The highest BCUT2D eigenvalue weighted by molar-refractivity contribution is 5.95. The number of imidazole rings is 1. The number of aromatic nitrogens is 2. The molecule has 7 nitrogen and oxygen atoms in total. The maximum absolute atomic E-state index is 13.0. The molecule has 0 unspecified atom stereocenters. The molecule has 0 bridgehead atoms. The number of nitrogens with one attached hydrogen (secondary N) is 1. The van der Waals surface area contributed by atoms with Crippen LogP contribution >= 0.6 is 0 Å². The third kappa shape index (κ3) is 3.95. The van der Waals surface area contributed by atoms with E-state index in [1.807, 2.05) is 60.7 Å². The maximum Gasteiger partial charge on any atom is 0.294 e. The normalized spacial score (nSPS) is 10.7. The Hall–Kier alpha value is -4.26. The standard InChI is InChI=1S/C23H18N4O3/c28-23(19-11-12-20(21(15-19)27(29)30)26-14-13-24-16-26)25-22(17-7-3-1-4-8-17)18-9-5-2-6-10-18/h1-16,22H,(H,25,28). The van der Waals surface area contributed by atoms with E-state index in [-0.39, 0.29) is 17.3 Å². The zero-order chi connectivity index (χ0) is 20.9. The van der Waals surface area contributed by atoms with Gasteiger partial charge in [0, 0.05) is 24.0 Å². The van der Waals surface area contributed by atoms with Gasteiger partial charge in [0.1, 0.15) is 5.69 Å². The Labute approximate surface area is 172 Å². The number of nitro groups is 1. The molecule has 0 atom stereocenters. The minimum Gasteiger partial charge on any atom is -0.341 e. The van der Waals surface area contributed by atoms with Crippen molar-refractivity contribution in [2.45, 2.75) is 6.04 Å². The minimum absolute atomic E-state index is 0.170. The Morgan fingerprint density at radius 2 is 1.60 bits per heavy atom. The molecule has 4 aromatic rings.